The maximum Gasteiger partial charge on any atom is 0.258 e. The van der Waals surface area contributed by atoms with Crippen LogP contribution in [0.3, 0.4) is 0 Å². The number of methoxy groups -OCH3 is 2. The molecule has 4 nitrogen and oxygen atoms in total. The van der Waals surface area contributed by atoms with E-state index >= 15 is 0 Å². The number of nitrogens with zero attached hydrogens (tertiary/aromatic N) is 1. The van der Waals surface area contributed by atoms with Crippen molar-refractivity contribution in [2.45, 2.75) is 13.5 Å². The number of thiophene rings is 1. The second kappa shape index (κ2) is 7.96. The molecule has 2 aromatic rings. The molecule has 0 bridgehead atoms. The van der Waals surface area contributed by atoms with Gasteiger partial charge in [0.1, 0.15) is 5.75 Å². The van der Waals surface area contributed by atoms with Crippen molar-refractivity contribution in [3.8, 4) is 5.75 Å². The first kappa shape index (κ1) is 16.5. The van der Waals surface area contributed by atoms with Gasteiger partial charge in [0.15, 0.2) is 0 Å². The summed E-state index contributed by atoms with van der Waals surface area (Å²) in [5, 5.41) is 2.01. The molecule has 118 valence electrons. The van der Waals surface area contributed by atoms with Gasteiger partial charge in [0.25, 0.3) is 5.91 Å². The fourth-order valence-corrected chi connectivity index (χ4v) is 2.91. The summed E-state index contributed by atoms with van der Waals surface area (Å²) in [7, 11) is 3.23. The lowest BCUT2D eigenvalue weighted by molar-refractivity contribution is 0.0679. The monoisotopic (exact) mass is 319 g/mol. The summed E-state index contributed by atoms with van der Waals surface area (Å²) in [6, 6.07) is 9.66. The third kappa shape index (κ3) is 4.08. The van der Waals surface area contributed by atoms with Crippen LogP contribution in [0.5, 0.6) is 5.75 Å². The van der Waals surface area contributed by atoms with Crippen molar-refractivity contribution in [2.75, 3.05) is 27.4 Å². The fourth-order valence-electron chi connectivity index (χ4n) is 2.19. The minimum Gasteiger partial charge on any atom is -0.496 e. The van der Waals surface area contributed by atoms with Crippen molar-refractivity contribution in [1.82, 2.24) is 4.90 Å². The average molecular weight is 319 g/mol. The highest BCUT2D eigenvalue weighted by molar-refractivity contribution is 7.09. The van der Waals surface area contributed by atoms with Crippen LogP contribution in [0.4, 0.5) is 0 Å². The summed E-state index contributed by atoms with van der Waals surface area (Å²) in [5.74, 6) is 0.570. The molecular formula is C17H21NO3S. The summed E-state index contributed by atoms with van der Waals surface area (Å²) in [5.41, 5.74) is 1.65. The summed E-state index contributed by atoms with van der Waals surface area (Å²) in [6.45, 7) is 3.61. The summed E-state index contributed by atoms with van der Waals surface area (Å²) in [4.78, 5) is 15.8. The van der Waals surface area contributed by atoms with E-state index in [9.17, 15) is 4.79 Å². The van der Waals surface area contributed by atoms with E-state index in [-0.39, 0.29) is 5.91 Å². The zero-order valence-electron chi connectivity index (χ0n) is 13.2. The number of amides is 1. The van der Waals surface area contributed by atoms with Crippen molar-refractivity contribution in [2.24, 2.45) is 0 Å². The van der Waals surface area contributed by atoms with Gasteiger partial charge in [-0.1, -0.05) is 12.1 Å². The Labute approximate surface area is 135 Å². The van der Waals surface area contributed by atoms with Crippen molar-refractivity contribution in [3.05, 3.63) is 51.7 Å². The number of carbonyl (C=O) groups is 1. The van der Waals surface area contributed by atoms with E-state index < -0.39 is 0 Å². The predicted molar refractivity (Wildman–Crippen MR) is 88.7 cm³/mol. The lowest BCUT2D eigenvalue weighted by atomic mass is 10.1. The Hall–Kier alpha value is -1.85. The molecule has 0 spiro atoms. The van der Waals surface area contributed by atoms with Crippen LogP contribution in [-0.2, 0) is 11.3 Å². The zero-order valence-corrected chi connectivity index (χ0v) is 14.0. The second-order valence-electron chi connectivity index (χ2n) is 5.00. The van der Waals surface area contributed by atoms with Crippen LogP contribution < -0.4 is 4.74 Å². The molecule has 0 saturated heterocycles. The van der Waals surface area contributed by atoms with E-state index in [0.29, 0.717) is 31.0 Å². The fraction of sp³-hybridized carbons (Fsp3) is 0.353. The van der Waals surface area contributed by atoms with E-state index in [1.807, 2.05) is 42.6 Å². The minimum absolute atomic E-state index is 0.0395. The van der Waals surface area contributed by atoms with Gasteiger partial charge < -0.3 is 14.4 Å². The third-order valence-corrected chi connectivity index (χ3v) is 4.23. The van der Waals surface area contributed by atoms with Crippen molar-refractivity contribution in [1.29, 1.82) is 0 Å². The van der Waals surface area contributed by atoms with Gasteiger partial charge in [0.05, 0.1) is 25.8 Å². The van der Waals surface area contributed by atoms with Gasteiger partial charge in [-0.25, -0.2) is 0 Å². The molecule has 0 fully saturated rings. The molecule has 1 amide bonds. The highest BCUT2D eigenvalue weighted by atomic mass is 32.1. The number of carbonyl (C=O) groups excluding carboxylic acids is 1. The van der Waals surface area contributed by atoms with Crippen LogP contribution in [-0.4, -0.2) is 38.2 Å². The van der Waals surface area contributed by atoms with E-state index in [1.165, 1.54) is 0 Å². The van der Waals surface area contributed by atoms with E-state index in [4.69, 9.17) is 9.47 Å². The SMILES string of the molecule is COCCN(Cc1cccs1)C(=O)c1ccc(C)cc1OC. The number of hydrogen-bond acceptors (Lipinski definition) is 4. The lowest BCUT2D eigenvalue weighted by Gasteiger charge is -2.23. The molecule has 0 aliphatic rings. The van der Waals surface area contributed by atoms with Crippen LogP contribution >= 0.6 is 11.3 Å². The van der Waals surface area contributed by atoms with Gasteiger partial charge in [-0.15, -0.1) is 11.3 Å². The molecule has 0 aliphatic heterocycles. The Kier molecular flexibility index (Phi) is 5.98. The largest absolute Gasteiger partial charge is 0.496 e. The van der Waals surface area contributed by atoms with Gasteiger partial charge in [0.2, 0.25) is 0 Å². The molecule has 5 heteroatoms. The van der Waals surface area contributed by atoms with Gasteiger partial charge >= 0.3 is 0 Å². The molecule has 2 rings (SSSR count). The molecular weight excluding hydrogens is 298 g/mol. The van der Waals surface area contributed by atoms with Crippen molar-refractivity contribution >= 4 is 17.2 Å². The topological polar surface area (TPSA) is 38.8 Å². The van der Waals surface area contributed by atoms with Gasteiger partial charge in [-0.2, -0.15) is 0 Å². The molecule has 0 radical (unpaired) electrons. The highest BCUT2D eigenvalue weighted by Crippen LogP contribution is 2.23. The first-order valence-corrected chi connectivity index (χ1v) is 7.99. The number of aryl methyl sites for hydroxylation is 1. The maximum atomic E-state index is 12.9. The quantitative estimate of drug-likeness (QED) is 0.785. The van der Waals surface area contributed by atoms with Crippen LogP contribution in [0, 0.1) is 6.92 Å². The van der Waals surface area contributed by atoms with Gasteiger partial charge in [-0.05, 0) is 36.1 Å². The smallest absolute Gasteiger partial charge is 0.258 e. The molecule has 0 N–H and O–H groups in total. The molecule has 22 heavy (non-hydrogen) atoms. The Morgan fingerprint density at radius 1 is 1.27 bits per heavy atom. The number of rotatable bonds is 7. The number of ether oxygens (including phenoxy) is 2. The predicted octanol–water partition coefficient (Wildman–Crippen LogP) is 3.35. The van der Waals surface area contributed by atoms with E-state index in [2.05, 4.69) is 0 Å². The number of hydrogen-bond donors (Lipinski definition) is 0. The summed E-state index contributed by atoms with van der Waals surface area (Å²) >= 11 is 1.64. The first-order chi connectivity index (χ1) is 10.7. The van der Waals surface area contributed by atoms with E-state index in [0.717, 1.165) is 10.4 Å². The Morgan fingerprint density at radius 3 is 2.73 bits per heavy atom. The summed E-state index contributed by atoms with van der Waals surface area (Å²) in [6.07, 6.45) is 0. The molecule has 0 unspecified atom stereocenters. The van der Waals surface area contributed by atoms with Crippen molar-refractivity contribution < 1.29 is 14.3 Å². The van der Waals surface area contributed by atoms with Gasteiger partial charge in [0, 0.05) is 18.5 Å². The lowest BCUT2D eigenvalue weighted by Crippen LogP contribution is -2.33. The molecule has 0 saturated carbocycles. The molecule has 0 aliphatic carbocycles. The van der Waals surface area contributed by atoms with Gasteiger partial charge in [-0.3, -0.25) is 4.79 Å². The molecule has 1 heterocycles. The first-order valence-electron chi connectivity index (χ1n) is 7.11. The second-order valence-corrected chi connectivity index (χ2v) is 6.03. The van der Waals surface area contributed by atoms with Crippen LogP contribution in [0.1, 0.15) is 20.8 Å². The van der Waals surface area contributed by atoms with Crippen molar-refractivity contribution in [3.63, 3.8) is 0 Å². The normalized spacial score (nSPS) is 10.5. The van der Waals surface area contributed by atoms with E-state index in [1.54, 1.807) is 30.5 Å². The van der Waals surface area contributed by atoms with Crippen LogP contribution in [0.25, 0.3) is 0 Å². The average Bonchev–Trinajstić information content (AvgIpc) is 3.03. The number of benzene rings is 1. The Balaban J connectivity index is 2.24. The Bertz CT molecular complexity index is 610. The molecule has 0 atom stereocenters. The van der Waals surface area contributed by atoms with Crippen LogP contribution in [0.15, 0.2) is 35.7 Å². The van der Waals surface area contributed by atoms with Crippen LogP contribution in [0.2, 0.25) is 0 Å². The minimum atomic E-state index is -0.0395. The maximum absolute atomic E-state index is 12.9. The Morgan fingerprint density at radius 2 is 2.09 bits per heavy atom. The third-order valence-electron chi connectivity index (χ3n) is 3.37. The molecule has 1 aromatic carbocycles. The zero-order chi connectivity index (χ0) is 15.9. The summed E-state index contributed by atoms with van der Waals surface area (Å²) < 4.78 is 10.5. The standard InChI is InChI=1S/C17H21NO3S/c1-13-6-7-15(16(11-13)21-3)17(19)18(8-9-20-2)12-14-5-4-10-22-14/h4-7,10-11H,8-9,12H2,1-3H3. The highest BCUT2D eigenvalue weighted by Gasteiger charge is 2.20. The molecule has 1 aromatic heterocycles.